The van der Waals surface area contributed by atoms with Gasteiger partial charge in [-0.2, -0.15) is 0 Å². The molecule has 2 nitrogen and oxygen atoms in total. The van der Waals surface area contributed by atoms with Crippen molar-refractivity contribution in [1.29, 1.82) is 0 Å². The van der Waals surface area contributed by atoms with E-state index in [2.05, 4.69) is 32.9 Å². The SMILES string of the molecule is CC(C)(C)c1ccc(OC(CN)c2cccc(Cl)c2)cc1. The quantitative estimate of drug-likeness (QED) is 0.887. The third kappa shape index (κ3) is 4.23. The van der Waals surface area contributed by atoms with E-state index >= 15 is 0 Å². The van der Waals surface area contributed by atoms with Gasteiger partial charge in [-0.25, -0.2) is 0 Å². The van der Waals surface area contributed by atoms with Crippen LogP contribution in [0.4, 0.5) is 0 Å². The summed E-state index contributed by atoms with van der Waals surface area (Å²) in [6.45, 7) is 6.98. The normalized spacial score (nSPS) is 13.0. The molecule has 0 spiro atoms. The fourth-order valence-corrected chi connectivity index (χ4v) is 2.36. The van der Waals surface area contributed by atoms with E-state index in [-0.39, 0.29) is 11.5 Å². The second-order valence-electron chi connectivity index (χ2n) is 6.17. The van der Waals surface area contributed by atoms with Crippen LogP contribution in [0.1, 0.15) is 38.0 Å². The monoisotopic (exact) mass is 303 g/mol. The molecule has 0 bridgehead atoms. The van der Waals surface area contributed by atoms with Gasteiger partial charge in [0.1, 0.15) is 11.9 Å². The van der Waals surface area contributed by atoms with Gasteiger partial charge in [0.15, 0.2) is 0 Å². The maximum Gasteiger partial charge on any atom is 0.136 e. The van der Waals surface area contributed by atoms with Gasteiger partial charge in [0.25, 0.3) is 0 Å². The van der Waals surface area contributed by atoms with Crippen LogP contribution >= 0.6 is 11.6 Å². The molecule has 2 aromatic carbocycles. The highest BCUT2D eigenvalue weighted by Gasteiger charge is 2.15. The summed E-state index contributed by atoms with van der Waals surface area (Å²) >= 11 is 6.02. The maximum absolute atomic E-state index is 6.02. The van der Waals surface area contributed by atoms with Crippen molar-refractivity contribution in [1.82, 2.24) is 0 Å². The van der Waals surface area contributed by atoms with Gasteiger partial charge in [-0.15, -0.1) is 0 Å². The molecule has 0 fully saturated rings. The third-order valence-corrected chi connectivity index (χ3v) is 3.67. The average Bonchev–Trinajstić information content (AvgIpc) is 2.44. The lowest BCUT2D eigenvalue weighted by Crippen LogP contribution is -2.18. The number of ether oxygens (including phenoxy) is 1. The molecule has 0 heterocycles. The fraction of sp³-hybridized carbons (Fsp3) is 0.333. The standard InChI is InChI=1S/C18H22ClNO/c1-18(2,3)14-7-9-16(10-8-14)21-17(12-20)13-5-4-6-15(19)11-13/h4-11,17H,12,20H2,1-3H3. The van der Waals surface area contributed by atoms with E-state index in [1.165, 1.54) is 5.56 Å². The Labute approximate surface area is 131 Å². The Hall–Kier alpha value is -1.51. The van der Waals surface area contributed by atoms with E-state index in [0.717, 1.165) is 11.3 Å². The fourth-order valence-electron chi connectivity index (χ4n) is 2.16. The Morgan fingerprint density at radius 1 is 1.10 bits per heavy atom. The smallest absolute Gasteiger partial charge is 0.136 e. The van der Waals surface area contributed by atoms with Gasteiger partial charge >= 0.3 is 0 Å². The minimum Gasteiger partial charge on any atom is -0.484 e. The van der Waals surface area contributed by atoms with E-state index in [1.807, 2.05) is 36.4 Å². The second kappa shape index (κ2) is 6.50. The van der Waals surface area contributed by atoms with Crippen molar-refractivity contribution in [2.45, 2.75) is 32.3 Å². The van der Waals surface area contributed by atoms with Gasteiger partial charge in [0.2, 0.25) is 0 Å². The van der Waals surface area contributed by atoms with Gasteiger partial charge in [0.05, 0.1) is 0 Å². The van der Waals surface area contributed by atoms with Crippen LogP contribution in [0.2, 0.25) is 5.02 Å². The van der Waals surface area contributed by atoms with Crippen LogP contribution in [0.5, 0.6) is 5.75 Å². The van der Waals surface area contributed by atoms with Gasteiger partial charge in [-0.05, 0) is 40.8 Å². The summed E-state index contributed by atoms with van der Waals surface area (Å²) in [6, 6.07) is 15.8. The molecule has 21 heavy (non-hydrogen) atoms. The van der Waals surface area contributed by atoms with E-state index in [1.54, 1.807) is 0 Å². The minimum atomic E-state index is -0.191. The highest BCUT2D eigenvalue weighted by molar-refractivity contribution is 6.30. The van der Waals surface area contributed by atoms with Crippen molar-refractivity contribution < 1.29 is 4.74 Å². The molecule has 2 rings (SSSR count). The van der Waals surface area contributed by atoms with Crippen LogP contribution in [-0.4, -0.2) is 6.54 Å². The van der Waals surface area contributed by atoms with Crippen molar-refractivity contribution in [3.63, 3.8) is 0 Å². The van der Waals surface area contributed by atoms with Gasteiger partial charge < -0.3 is 10.5 Å². The maximum atomic E-state index is 6.02. The molecular formula is C18H22ClNO. The summed E-state index contributed by atoms with van der Waals surface area (Å²) in [6.07, 6.45) is -0.191. The zero-order chi connectivity index (χ0) is 15.5. The van der Waals surface area contributed by atoms with Gasteiger partial charge in [-0.1, -0.05) is 56.6 Å². The molecule has 2 N–H and O–H groups in total. The predicted molar refractivity (Wildman–Crippen MR) is 89.0 cm³/mol. The summed E-state index contributed by atoms with van der Waals surface area (Å²) in [5.74, 6) is 0.818. The van der Waals surface area contributed by atoms with E-state index in [4.69, 9.17) is 22.1 Å². The summed E-state index contributed by atoms with van der Waals surface area (Å²) < 4.78 is 5.99. The molecule has 0 aliphatic rings. The first-order chi connectivity index (χ1) is 9.90. The highest BCUT2D eigenvalue weighted by atomic mass is 35.5. The van der Waals surface area contributed by atoms with Crippen molar-refractivity contribution in [3.05, 3.63) is 64.7 Å². The zero-order valence-electron chi connectivity index (χ0n) is 12.8. The highest BCUT2D eigenvalue weighted by Crippen LogP contribution is 2.27. The summed E-state index contributed by atoms with van der Waals surface area (Å²) in [4.78, 5) is 0. The molecule has 0 aromatic heterocycles. The number of hydrogen-bond donors (Lipinski definition) is 1. The molecule has 2 aromatic rings. The Balaban J connectivity index is 2.15. The molecule has 0 saturated carbocycles. The minimum absolute atomic E-state index is 0.138. The van der Waals surface area contributed by atoms with Gasteiger partial charge in [0, 0.05) is 11.6 Å². The first-order valence-corrected chi connectivity index (χ1v) is 7.50. The molecule has 0 aliphatic carbocycles. The number of benzene rings is 2. The molecule has 112 valence electrons. The van der Waals surface area contributed by atoms with E-state index in [0.29, 0.717) is 11.6 Å². The number of nitrogens with two attached hydrogens (primary N) is 1. The van der Waals surface area contributed by atoms with Crippen LogP contribution < -0.4 is 10.5 Å². The van der Waals surface area contributed by atoms with Gasteiger partial charge in [-0.3, -0.25) is 0 Å². The average molecular weight is 304 g/mol. The van der Waals surface area contributed by atoms with Crippen LogP contribution in [0.15, 0.2) is 48.5 Å². The summed E-state index contributed by atoms with van der Waals surface area (Å²) in [5, 5.41) is 0.692. The largest absolute Gasteiger partial charge is 0.484 e. The van der Waals surface area contributed by atoms with E-state index in [9.17, 15) is 0 Å². The lowest BCUT2D eigenvalue weighted by Gasteiger charge is -2.21. The number of hydrogen-bond acceptors (Lipinski definition) is 2. The number of rotatable bonds is 4. The van der Waals surface area contributed by atoms with Crippen molar-refractivity contribution in [2.75, 3.05) is 6.54 Å². The van der Waals surface area contributed by atoms with Crippen LogP contribution in [0.3, 0.4) is 0 Å². The Bertz CT molecular complexity index is 587. The van der Waals surface area contributed by atoms with E-state index < -0.39 is 0 Å². The van der Waals surface area contributed by atoms with Crippen molar-refractivity contribution in [2.24, 2.45) is 5.73 Å². The van der Waals surface area contributed by atoms with Crippen LogP contribution in [-0.2, 0) is 5.41 Å². The first-order valence-electron chi connectivity index (χ1n) is 7.13. The first kappa shape index (κ1) is 15.9. The lowest BCUT2D eigenvalue weighted by atomic mass is 9.87. The van der Waals surface area contributed by atoms with Crippen molar-refractivity contribution >= 4 is 11.6 Å². The molecular weight excluding hydrogens is 282 g/mol. The summed E-state index contributed by atoms with van der Waals surface area (Å²) in [5.41, 5.74) is 8.24. The second-order valence-corrected chi connectivity index (χ2v) is 6.61. The van der Waals surface area contributed by atoms with Crippen LogP contribution in [0.25, 0.3) is 0 Å². The molecule has 3 heteroatoms. The molecule has 0 aliphatic heterocycles. The van der Waals surface area contributed by atoms with Crippen LogP contribution in [0, 0.1) is 0 Å². The predicted octanol–water partition coefficient (Wildman–Crippen LogP) is 4.72. The number of halogens is 1. The summed E-state index contributed by atoms with van der Waals surface area (Å²) in [7, 11) is 0. The molecule has 0 saturated heterocycles. The molecule has 0 radical (unpaired) electrons. The topological polar surface area (TPSA) is 35.2 Å². The molecule has 1 atom stereocenters. The third-order valence-electron chi connectivity index (χ3n) is 3.43. The molecule has 1 unspecified atom stereocenters. The van der Waals surface area contributed by atoms with Crippen molar-refractivity contribution in [3.8, 4) is 5.75 Å². The Morgan fingerprint density at radius 3 is 2.29 bits per heavy atom. The Morgan fingerprint density at radius 2 is 1.76 bits per heavy atom. The lowest BCUT2D eigenvalue weighted by molar-refractivity contribution is 0.214. The Kier molecular flexibility index (Phi) is 4.92. The zero-order valence-corrected chi connectivity index (χ0v) is 13.5. The molecule has 0 amide bonds.